The molecule has 114 valence electrons. The van der Waals surface area contributed by atoms with Crippen LogP contribution in [0.4, 0.5) is 24.5 Å². The lowest BCUT2D eigenvalue weighted by Crippen LogP contribution is -2.40. The van der Waals surface area contributed by atoms with Crippen molar-refractivity contribution in [3.05, 3.63) is 23.8 Å². The van der Waals surface area contributed by atoms with E-state index in [9.17, 15) is 13.2 Å². The van der Waals surface area contributed by atoms with Gasteiger partial charge in [0.05, 0.1) is 5.56 Å². The maximum Gasteiger partial charge on any atom is 0.418 e. The Morgan fingerprint density at radius 3 is 2.30 bits per heavy atom. The average Bonchev–Trinajstić information content (AvgIpc) is 2.29. The predicted molar refractivity (Wildman–Crippen MR) is 76.9 cm³/mol. The first-order valence-corrected chi connectivity index (χ1v) is 6.55. The van der Waals surface area contributed by atoms with Crippen molar-refractivity contribution in [2.45, 2.75) is 26.1 Å². The summed E-state index contributed by atoms with van der Waals surface area (Å²) in [6.07, 6.45) is -4.43. The van der Waals surface area contributed by atoms with Crippen LogP contribution in [0.2, 0.25) is 0 Å². The molecular weight excluding hydrogens is 267 g/mol. The van der Waals surface area contributed by atoms with Gasteiger partial charge in [0.25, 0.3) is 0 Å². The molecule has 0 amide bonds. The van der Waals surface area contributed by atoms with Crippen molar-refractivity contribution in [3.63, 3.8) is 0 Å². The Morgan fingerprint density at radius 1 is 1.25 bits per heavy atom. The van der Waals surface area contributed by atoms with Crippen molar-refractivity contribution >= 4 is 11.4 Å². The van der Waals surface area contributed by atoms with E-state index in [1.807, 2.05) is 37.7 Å². The molecule has 0 heterocycles. The van der Waals surface area contributed by atoms with E-state index in [0.29, 0.717) is 12.2 Å². The molecule has 0 saturated heterocycles. The van der Waals surface area contributed by atoms with Crippen LogP contribution in [0.1, 0.15) is 19.4 Å². The van der Waals surface area contributed by atoms with Crippen LogP contribution in [0.15, 0.2) is 18.2 Å². The van der Waals surface area contributed by atoms with Crippen molar-refractivity contribution < 1.29 is 13.2 Å². The highest BCUT2D eigenvalue weighted by Gasteiger charge is 2.33. The van der Waals surface area contributed by atoms with Crippen LogP contribution in [0, 0.1) is 0 Å². The summed E-state index contributed by atoms with van der Waals surface area (Å²) in [5.41, 5.74) is 4.96. The third-order valence-electron chi connectivity index (χ3n) is 3.18. The maximum absolute atomic E-state index is 12.9. The lowest BCUT2D eigenvalue weighted by molar-refractivity contribution is -0.136. The molecule has 1 unspecified atom stereocenters. The van der Waals surface area contributed by atoms with Crippen molar-refractivity contribution in [2.24, 2.45) is 0 Å². The Labute approximate surface area is 118 Å². The molecule has 6 heteroatoms. The monoisotopic (exact) mass is 289 g/mol. The molecule has 2 N–H and O–H groups in total. The molecule has 1 aromatic carbocycles. The van der Waals surface area contributed by atoms with Gasteiger partial charge < -0.3 is 15.5 Å². The van der Waals surface area contributed by atoms with E-state index in [1.54, 1.807) is 6.07 Å². The van der Waals surface area contributed by atoms with Crippen LogP contribution in [0.3, 0.4) is 0 Å². The second-order valence-corrected chi connectivity index (χ2v) is 5.17. The number of nitrogens with zero attached hydrogens (tertiary/aromatic N) is 2. The van der Waals surface area contributed by atoms with E-state index < -0.39 is 11.7 Å². The molecule has 3 nitrogen and oxygen atoms in total. The SMILES string of the molecule is CCN(c1ccc(N)c(C(F)(F)F)c1)C(C)CN(C)C. The highest BCUT2D eigenvalue weighted by atomic mass is 19.4. The van der Waals surface area contributed by atoms with Crippen LogP contribution in [0.25, 0.3) is 0 Å². The normalized spacial score (nSPS) is 13.6. The van der Waals surface area contributed by atoms with Crippen molar-refractivity contribution in [3.8, 4) is 0 Å². The first-order valence-electron chi connectivity index (χ1n) is 6.55. The summed E-state index contributed by atoms with van der Waals surface area (Å²) in [4.78, 5) is 3.95. The van der Waals surface area contributed by atoms with Gasteiger partial charge >= 0.3 is 6.18 Å². The standard InChI is InChI=1S/C14H22F3N3/c1-5-20(10(2)9-19(3)4)11-6-7-13(18)12(8-11)14(15,16)17/h6-8,10H,5,9,18H2,1-4H3. The van der Waals surface area contributed by atoms with Gasteiger partial charge in [0.1, 0.15) is 0 Å². The number of nitrogen functional groups attached to an aromatic ring is 1. The summed E-state index contributed by atoms with van der Waals surface area (Å²) in [6.45, 7) is 5.32. The lowest BCUT2D eigenvalue weighted by atomic mass is 10.1. The molecule has 0 aliphatic heterocycles. The minimum atomic E-state index is -4.43. The van der Waals surface area contributed by atoms with Crippen molar-refractivity contribution in [1.29, 1.82) is 0 Å². The van der Waals surface area contributed by atoms with Gasteiger partial charge in [-0.2, -0.15) is 13.2 Å². The highest BCUT2D eigenvalue weighted by Crippen LogP contribution is 2.36. The van der Waals surface area contributed by atoms with E-state index in [4.69, 9.17) is 5.73 Å². The van der Waals surface area contributed by atoms with E-state index in [-0.39, 0.29) is 11.7 Å². The van der Waals surface area contributed by atoms with Gasteiger partial charge in [-0.25, -0.2) is 0 Å². The molecule has 0 aromatic heterocycles. The summed E-state index contributed by atoms with van der Waals surface area (Å²) in [5.74, 6) is 0. The number of anilines is 2. The molecule has 0 bridgehead atoms. The highest BCUT2D eigenvalue weighted by molar-refractivity contribution is 5.60. The lowest BCUT2D eigenvalue weighted by Gasteiger charge is -2.32. The topological polar surface area (TPSA) is 32.5 Å². The molecule has 0 spiro atoms. The van der Waals surface area contributed by atoms with Gasteiger partial charge in [0.2, 0.25) is 0 Å². The summed E-state index contributed by atoms with van der Waals surface area (Å²) in [7, 11) is 3.88. The number of benzene rings is 1. The first kappa shape index (κ1) is 16.6. The quantitative estimate of drug-likeness (QED) is 0.846. The summed E-state index contributed by atoms with van der Waals surface area (Å²) >= 11 is 0. The molecule has 0 radical (unpaired) electrons. The zero-order valence-corrected chi connectivity index (χ0v) is 12.3. The molecule has 1 atom stereocenters. The number of alkyl halides is 3. The van der Waals surface area contributed by atoms with Gasteiger partial charge in [-0.1, -0.05) is 0 Å². The molecule has 0 aliphatic carbocycles. The molecule has 1 aromatic rings. The van der Waals surface area contributed by atoms with Gasteiger partial charge in [-0.15, -0.1) is 0 Å². The van der Waals surface area contributed by atoms with Crippen LogP contribution in [0.5, 0.6) is 0 Å². The first-order chi connectivity index (χ1) is 9.16. The maximum atomic E-state index is 12.9. The van der Waals surface area contributed by atoms with E-state index >= 15 is 0 Å². The summed E-state index contributed by atoms with van der Waals surface area (Å²) < 4.78 is 38.7. The molecule has 1 rings (SSSR count). The predicted octanol–water partition coefficient (Wildman–Crippen LogP) is 3.06. The molecule has 0 saturated carbocycles. The fourth-order valence-corrected chi connectivity index (χ4v) is 2.34. The number of nitrogens with two attached hydrogens (primary N) is 1. The van der Waals surface area contributed by atoms with Gasteiger partial charge in [0, 0.05) is 30.5 Å². The Kier molecular flexibility index (Phi) is 5.28. The van der Waals surface area contributed by atoms with Gasteiger partial charge in [0.15, 0.2) is 0 Å². The zero-order chi connectivity index (χ0) is 15.5. The Hall–Kier alpha value is -1.43. The van der Waals surface area contributed by atoms with Crippen LogP contribution >= 0.6 is 0 Å². The zero-order valence-electron chi connectivity index (χ0n) is 12.3. The van der Waals surface area contributed by atoms with Crippen LogP contribution in [-0.4, -0.2) is 38.1 Å². The van der Waals surface area contributed by atoms with Gasteiger partial charge in [-0.05, 0) is 46.1 Å². The number of rotatable bonds is 5. The Balaban J connectivity index is 3.11. The van der Waals surface area contributed by atoms with Crippen molar-refractivity contribution in [1.82, 2.24) is 4.90 Å². The Morgan fingerprint density at radius 2 is 1.85 bits per heavy atom. The number of likely N-dealkylation sites (N-methyl/N-ethyl adjacent to an activating group) is 2. The largest absolute Gasteiger partial charge is 0.418 e. The van der Waals surface area contributed by atoms with Crippen molar-refractivity contribution in [2.75, 3.05) is 37.8 Å². The fourth-order valence-electron chi connectivity index (χ4n) is 2.34. The van der Waals surface area contributed by atoms with E-state index in [2.05, 4.69) is 0 Å². The average molecular weight is 289 g/mol. The minimum absolute atomic E-state index is 0.111. The summed E-state index contributed by atoms with van der Waals surface area (Å²) in [6, 6.07) is 4.20. The Bertz CT molecular complexity index is 444. The fraction of sp³-hybridized carbons (Fsp3) is 0.571. The van der Waals surface area contributed by atoms with E-state index in [1.165, 1.54) is 6.07 Å². The van der Waals surface area contributed by atoms with Crippen LogP contribution in [-0.2, 0) is 6.18 Å². The molecule has 0 fully saturated rings. The van der Waals surface area contributed by atoms with Gasteiger partial charge in [-0.3, -0.25) is 0 Å². The van der Waals surface area contributed by atoms with Crippen LogP contribution < -0.4 is 10.6 Å². The second-order valence-electron chi connectivity index (χ2n) is 5.17. The number of hydrogen-bond acceptors (Lipinski definition) is 3. The van der Waals surface area contributed by atoms with E-state index in [0.717, 1.165) is 12.6 Å². The molecule has 20 heavy (non-hydrogen) atoms. The smallest absolute Gasteiger partial charge is 0.398 e. The third-order valence-corrected chi connectivity index (χ3v) is 3.18. The molecular formula is C14H22F3N3. The third kappa shape index (κ3) is 4.03. The summed E-state index contributed by atoms with van der Waals surface area (Å²) in [5, 5.41) is 0. The number of hydrogen-bond donors (Lipinski definition) is 1. The second kappa shape index (κ2) is 6.35. The molecule has 0 aliphatic rings. The minimum Gasteiger partial charge on any atom is -0.398 e. The number of halogens is 3.